The third-order valence-corrected chi connectivity index (χ3v) is 11.7. The van der Waals surface area contributed by atoms with Crippen molar-refractivity contribution in [2.45, 2.75) is 16.8 Å². The van der Waals surface area contributed by atoms with Crippen LogP contribution >= 0.6 is 19.0 Å². The third-order valence-electron chi connectivity index (χ3n) is 5.86. The van der Waals surface area contributed by atoms with Gasteiger partial charge in [0.05, 0.1) is 5.71 Å². The van der Waals surface area contributed by atoms with Crippen molar-refractivity contribution in [2.75, 3.05) is 6.16 Å². The van der Waals surface area contributed by atoms with Crippen LogP contribution in [0.4, 0.5) is 0 Å². The van der Waals surface area contributed by atoms with Crippen LogP contribution in [0.2, 0.25) is 0 Å². The second-order valence-corrected chi connectivity index (χ2v) is 13.0. The molecule has 0 aromatic heterocycles. The van der Waals surface area contributed by atoms with E-state index < -0.39 is 12.3 Å². The van der Waals surface area contributed by atoms with Gasteiger partial charge in [-0.1, -0.05) is 84.6 Å². The molecule has 0 aliphatic carbocycles. The number of rotatable bonds is 7. The highest BCUT2D eigenvalue weighted by Crippen LogP contribution is 2.60. The van der Waals surface area contributed by atoms with Crippen LogP contribution in [-0.2, 0) is 0 Å². The standard InChI is InChI=1S/C29H26N2PS/c1-24-22-30-29(31-24,33-28-20-12-5-13-21-28)23-32(25-14-6-2-7-15-25,26-16-8-3-9-17-26)27-18-10-4-11-19-27/h2-22H,23H2,1H3/q+1. The minimum atomic E-state index is -2.07. The molecule has 1 aliphatic rings. The molecule has 0 spiro atoms. The first-order chi connectivity index (χ1) is 16.2. The normalized spacial score (nSPS) is 17.7. The lowest BCUT2D eigenvalue weighted by atomic mass is 10.4. The maximum atomic E-state index is 5.16. The lowest BCUT2D eigenvalue weighted by Crippen LogP contribution is -2.39. The second-order valence-electron chi connectivity index (χ2n) is 8.14. The first-order valence-corrected chi connectivity index (χ1v) is 13.9. The van der Waals surface area contributed by atoms with Crippen LogP contribution < -0.4 is 15.9 Å². The number of benzene rings is 4. The Balaban J connectivity index is 1.74. The Morgan fingerprint density at radius 1 is 0.636 bits per heavy atom. The molecule has 2 nitrogen and oxygen atoms in total. The van der Waals surface area contributed by atoms with Gasteiger partial charge in [-0.3, -0.25) is 0 Å². The van der Waals surface area contributed by atoms with Crippen LogP contribution in [0.3, 0.4) is 0 Å². The SMILES string of the molecule is CC1=NC(C[P+](c2ccccc2)(c2ccccc2)c2ccccc2)(Sc2ccccc2)N=C1. The van der Waals surface area contributed by atoms with Crippen molar-refractivity contribution in [3.63, 3.8) is 0 Å². The molecule has 4 aromatic carbocycles. The highest BCUT2D eigenvalue weighted by molar-refractivity contribution is 8.02. The van der Waals surface area contributed by atoms with Gasteiger partial charge in [-0.25, -0.2) is 9.98 Å². The molecule has 0 N–H and O–H groups in total. The van der Waals surface area contributed by atoms with E-state index in [1.54, 1.807) is 11.8 Å². The van der Waals surface area contributed by atoms with Crippen LogP contribution in [0.5, 0.6) is 0 Å². The van der Waals surface area contributed by atoms with Gasteiger partial charge >= 0.3 is 0 Å². The van der Waals surface area contributed by atoms with Gasteiger partial charge in [-0.05, 0) is 55.5 Å². The van der Waals surface area contributed by atoms with Crippen LogP contribution in [0.15, 0.2) is 136 Å². The highest BCUT2D eigenvalue weighted by atomic mass is 32.2. The molecule has 1 unspecified atom stereocenters. The Bertz CT molecular complexity index is 1160. The summed E-state index contributed by atoms with van der Waals surface area (Å²) in [7, 11) is -2.07. The minimum Gasteiger partial charge on any atom is -0.247 e. The van der Waals surface area contributed by atoms with Gasteiger partial charge in [0.15, 0.2) is 0 Å². The predicted molar refractivity (Wildman–Crippen MR) is 147 cm³/mol. The quantitative estimate of drug-likeness (QED) is 0.309. The van der Waals surface area contributed by atoms with Crippen molar-refractivity contribution in [1.82, 2.24) is 0 Å². The molecule has 0 saturated carbocycles. The fourth-order valence-corrected chi connectivity index (χ4v) is 10.5. The van der Waals surface area contributed by atoms with E-state index in [0.29, 0.717) is 0 Å². The lowest BCUT2D eigenvalue weighted by molar-refractivity contribution is 0.749. The topological polar surface area (TPSA) is 24.7 Å². The Hall–Kier alpha value is -3.00. The van der Waals surface area contributed by atoms with E-state index in [0.717, 1.165) is 11.9 Å². The fourth-order valence-electron chi connectivity index (χ4n) is 4.44. The predicted octanol–water partition coefficient (Wildman–Crippen LogP) is 5.97. The van der Waals surface area contributed by atoms with Crippen molar-refractivity contribution < 1.29 is 0 Å². The maximum absolute atomic E-state index is 5.16. The number of thioether (sulfide) groups is 1. The summed E-state index contributed by atoms with van der Waals surface area (Å²) in [4.78, 5) is 10.8. The van der Waals surface area contributed by atoms with Gasteiger partial charge in [0, 0.05) is 11.1 Å². The zero-order valence-corrected chi connectivity index (χ0v) is 20.3. The molecule has 1 aliphatic heterocycles. The number of nitrogens with zero attached hydrogens (tertiary/aromatic N) is 2. The smallest absolute Gasteiger partial charge is 0.236 e. The minimum absolute atomic E-state index is 0.610. The summed E-state index contributed by atoms with van der Waals surface area (Å²) in [5.74, 6) is 0. The number of hydrogen-bond acceptors (Lipinski definition) is 3. The molecular formula is C29H26N2PS+. The van der Waals surface area contributed by atoms with Gasteiger partial charge in [0.25, 0.3) is 0 Å². The van der Waals surface area contributed by atoms with Crippen LogP contribution in [-0.4, -0.2) is 23.1 Å². The molecule has 5 rings (SSSR count). The molecular weight excluding hydrogens is 439 g/mol. The van der Waals surface area contributed by atoms with E-state index in [4.69, 9.17) is 9.98 Å². The van der Waals surface area contributed by atoms with E-state index in [9.17, 15) is 0 Å². The molecule has 4 aromatic rings. The molecule has 0 amide bonds. The average Bonchev–Trinajstić information content (AvgIpc) is 3.24. The molecule has 0 radical (unpaired) electrons. The molecule has 4 heteroatoms. The van der Waals surface area contributed by atoms with Crippen LogP contribution in [0.1, 0.15) is 6.92 Å². The van der Waals surface area contributed by atoms with Gasteiger partial charge in [-0.15, -0.1) is 0 Å². The Morgan fingerprint density at radius 2 is 1.06 bits per heavy atom. The van der Waals surface area contributed by atoms with Crippen molar-refractivity contribution in [3.05, 3.63) is 121 Å². The van der Waals surface area contributed by atoms with E-state index in [1.165, 1.54) is 20.8 Å². The van der Waals surface area contributed by atoms with Gasteiger partial charge in [0.2, 0.25) is 4.99 Å². The Labute approximate surface area is 200 Å². The molecule has 0 fully saturated rings. The van der Waals surface area contributed by atoms with Gasteiger partial charge in [-0.2, -0.15) is 0 Å². The summed E-state index contributed by atoms with van der Waals surface area (Å²) in [5, 5.41) is 4.06. The van der Waals surface area contributed by atoms with E-state index in [1.807, 2.05) is 13.1 Å². The van der Waals surface area contributed by atoms with Crippen LogP contribution in [0, 0.1) is 0 Å². The Morgan fingerprint density at radius 3 is 1.45 bits per heavy atom. The largest absolute Gasteiger partial charge is 0.247 e. The van der Waals surface area contributed by atoms with E-state index in [2.05, 4.69) is 121 Å². The fraction of sp³-hybridized carbons (Fsp3) is 0.103. The van der Waals surface area contributed by atoms with Gasteiger partial charge in [0.1, 0.15) is 29.3 Å². The molecule has 1 atom stereocenters. The van der Waals surface area contributed by atoms with Crippen molar-refractivity contribution in [1.29, 1.82) is 0 Å². The molecule has 162 valence electrons. The van der Waals surface area contributed by atoms with Crippen molar-refractivity contribution in [3.8, 4) is 0 Å². The molecule has 1 heterocycles. The van der Waals surface area contributed by atoms with E-state index >= 15 is 0 Å². The third kappa shape index (κ3) is 4.44. The van der Waals surface area contributed by atoms with E-state index in [-0.39, 0.29) is 0 Å². The first-order valence-electron chi connectivity index (χ1n) is 11.1. The maximum Gasteiger partial charge on any atom is 0.236 e. The first kappa shape index (κ1) is 21.8. The monoisotopic (exact) mass is 465 g/mol. The summed E-state index contributed by atoms with van der Waals surface area (Å²) in [6, 6.07) is 43.4. The van der Waals surface area contributed by atoms with Crippen molar-refractivity contribution in [2.24, 2.45) is 9.98 Å². The zero-order valence-electron chi connectivity index (χ0n) is 18.6. The lowest BCUT2D eigenvalue weighted by Gasteiger charge is -2.33. The van der Waals surface area contributed by atoms with Gasteiger partial charge < -0.3 is 0 Å². The molecule has 33 heavy (non-hydrogen) atoms. The average molecular weight is 466 g/mol. The molecule has 0 bridgehead atoms. The summed E-state index contributed by atoms with van der Waals surface area (Å²) < 4.78 is 0. The van der Waals surface area contributed by atoms with Crippen LogP contribution in [0.25, 0.3) is 0 Å². The number of hydrogen-bond donors (Lipinski definition) is 0. The molecule has 0 saturated heterocycles. The number of aliphatic imine (C=N–C) groups is 2. The summed E-state index contributed by atoms with van der Waals surface area (Å²) >= 11 is 1.76. The zero-order chi connectivity index (χ0) is 22.6. The summed E-state index contributed by atoms with van der Waals surface area (Å²) in [6.45, 7) is 2.05. The van der Waals surface area contributed by atoms with Crippen molar-refractivity contribution >= 4 is 46.9 Å². The second kappa shape index (κ2) is 9.47. The summed E-state index contributed by atoms with van der Waals surface area (Å²) in [5.41, 5.74) is 0.978. The summed E-state index contributed by atoms with van der Waals surface area (Å²) in [6.07, 6.45) is 2.75. The Kier molecular flexibility index (Phi) is 6.26. The highest BCUT2D eigenvalue weighted by Gasteiger charge is 2.53.